The van der Waals surface area contributed by atoms with E-state index in [2.05, 4.69) is 0 Å². The molecule has 1 saturated heterocycles. The molecule has 1 N–H and O–H groups in total. The fraction of sp³-hybridized carbons (Fsp3) is 0.185. The first-order valence-corrected chi connectivity index (χ1v) is 11.8. The highest BCUT2D eigenvalue weighted by atomic mass is 35.5. The van der Waals surface area contributed by atoms with Crippen molar-refractivity contribution in [2.24, 2.45) is 0 Å². The summed E-state index contributed by atoms with van der Waals surface area (Å²) in [5, 5.41) is 11.6. The number of Topliss-reactive ketones (excluding diaryl/α,β-unsaturated/α-hetero) is 1. The van der Waals surface area contributed by atoms with Gasteiger partial charge in [-0.3, -0.25) is 9.59 Å². The van der Waals surface area contributed by atoms with Crippen LogP contribution in [0.5, 0.6) is 11.5 Å². The van der Waals surface area contributed by atoms with Crippen molar-refractivity contribution >= 4 is 40.7 Å². The molecular weight excluding hydrogens is 546 g/mol. The Kier molecular flexibility index (Phi) is 7.62. The summed E-state index contributed by atoms with van der Waals surface area (Å²) in [6.45, 7) is -0.347. The molecule has 3 aromatic carbocycles. The molecule has 1 amide bonds. The number of halogens is 5. The third-order valence-corrected chi connectivity index (χ3v) is 6.52. The molecular formula is C27H20Cl2F3NO5. The van der Waals surface area contributed by atoms with Crippen molar-refractivity contribution in [2.45, 2.75) is 18.8 Å². The molecule has 4 rings (SSSR count). The summed E-state index contributed by atoms with van der Waals surface area (Å²) in [6, 6.07) is 12.4. The molecule has 1 heterocycles. The Hall–Kier alpha value is -3.69. The molecule has 0 aliphatic carbocycles. The largest absolute Gasteiger partial charge is 0.507 e. The Balaban J connectivity index is 1.92. The highest BCUT2D eigenvalue weighted by Crippen LogP contribution is 2.44. The molecule has 0 bridgehead atoms. The van der Waals surface area contributed by atoms with E-state index < -0.39 is 35.2 Å². The summed E-state index contributed by atoms with van der Waals surface area (Å²) in [6.07, 6.45) is -4.60. The lowest BCUT2D eigenvalue weighted by Crippen LogP contribution is -2.29. The van der Waals surface area contributed by atoms with Crippen molar-refractivity contribution in [1.82, 2.24) is 4.90 Å². The predicted molar refractivity (Wildman–Crippen MR) is 135 cm³/mol. The first-order chi connectivity index (χ1) is 18.0. The second-order valence-corrected chi connectivity index (χ2v) is 9.21. The summed E-state index contributed by atoms with van der Waals surface area (Å²) in [4.78, 5) is 27.7. The molecule has 1 aliphatic heterocycles. The molecule has 11 heteroatoms. The number of benzene rings is 3. The zero-order chi connectivity index (χ0) is 27.8. The van der Waals surface area contributed by atoms with Gasteiger partial charge in [-0.15, -0.1) is 0 Å². The van der Waals surface area contributed by atoms with Gasteiger partial charge in [0.25, 0.3) is 11.7 Å². The van der Waals surface area contributed by atoms with Gasteiger partial charge in [0.2, 0.25) is 0 Å². The van der Waals surface area contributed by atoms with Gasteiger partial charge < -0.3 is 19.5 Å². The fourth-order valence-corrected chi connectivity index (χ4v) is 4.90. The van der Waals surface area contributed by atoms with Gasteiger partial charge in [-0.05, 0) is 47.5 Å². The monoisotopic (exact) mass is 565 g/mol. The number of carbonyl (C=O) groups is 2. The number of aliphatic hydroxyl groups excluding tert-OH is 1. The van der Waals surface area contributed by atoms with E-state index in [1.54, 1.807) is 24.3 Å². The minimum atomic E-state index is -4.60. The fourth-order valence-electron chi connectivity index (χ4n) is 4.33. The lowest BCUT2D eigenvalue weighted by molar-refractivity contribution is -0.140. The third kappa shape index (κ3) is 5.16. The second kappa shape index (κ2) is 10.6. The van der Waals surface area contributed by atoms with Gasteiger partial charge in [-0.1, -0.05) is 47.5 Å². The molecule has 6 nitrogen and oxygen atoms in total. The number of alkyl halides is 3. The summed E-state index contributed by atoms with van der Waals surface area (Å²) in [5.74, 6) is -2.24. The van der Waals surface area contributed by atoms with Gasteiger partial charge in [-0.2, -0.15) is 13.2 Å². The molecule has 1 aliphatic rings. The van der Waals surface area contributed by atoms with Crippen LogP contribution < -0.4 is 9.47 Å². The molecule has 0 spiro atoms. The maximum absolute atomic E-state index is 13.3. The van der Waals surface area contributed by atoms with Crippen LogP contribution in [0.1, 0.15) is 28.3 Å². The lowest BCUT2D eigenvalue weighted by Gasteiger charge is -2.26. The molecule has 0 saturated carbocycles. The minimum Gasteiger partial charge on any atom is -0.507 e. The van der Waals surface area contributed by atoms with Crippen LogP contribution in [0.4, 0.5) is 13.2 Å². The molecule has 1 fully saturated rings. The van der Waals surface area contributed by atoms with E-state index in [0.29, 0.717) is 11.3 Å². The van der Waals surface area contributed by atoms with Crippen LogP contribution in [0.2, 0.25) is 10.0 Å². The first-order valence-electron chi connectivity index (χ1n) is 11.1. The first kappa shape index (κ1) is 27.3. The number of aliphatic hydroxyl groups is 1. The average molecular weight is 566 g/mol. The molecule has 0 radical (unpaired) electrons. The van der Waals surface area contributed by atoms with Crippen molar-refractivity contribution in [1.29, 1.82) is 0 Å². The van der Waals surface area contributed by atoms with Crippen LogP contribution in [-0.2, 0) is 22.3 Å². The molecule has 3 aromatic rings. The SMILES string of the molecule is COc1cccc(C2/C(=C(\O)c3cc(Cl)cc(Cl)c3OC)C(=O)C(=O)N2Cc2cccc(C(F)(F)F)c2)c1. The van der Waals surface area contributed by atoms with Crippen molar-refractivity contribution in [2.75, 3.05) is 14.2 Å². The summed E-state index contributed by atoms with van der Waals surface area (Å²) < 4.78 is 50.5. The van der Waals surface area contributed by atoms with E-state index in [0.717, 1.165) is 17.0 Å². The van der Waals surface area contributed by atoms with Crippen LogP contribution in [0.25, 0.3) is 5.76 Å². The summed E-state index contributed by atoms with van der Waals surface area (Å²) in [7, 11) is 2.73. The van der Waals surface area contributed by atoms with E-state index >= 15 is 0 Å². The number of hydrogen-bond acceptors (Lipinski definition) is 5. The lowest BCUT2D eigenvalue weighted by atomic mass is 9.94. The van der Waals surface area contributed by atoms with Crippen LogP contribution in [-0.4, -0.2) is 35.9 Å². The Morgan fingerprint density at radius 3 is 2.37 bits per heavy atom. The van der Waals surface area contributed by atoms with Crippen LogP contribution >= 0.6 is 23.2 Å². The Morgan fingerprint density at radius 1 is 1.00 bits per heavy atom. The van der Waals surface area contributed by atoms with E-state index in [4.69, 9.17) is 32.7 Å². The molecule has 1 unspecified atom stereocenters. The molecule has 1 atom stereocenters. The van der Waals surface area contributed by atoms with Gasteiger partial charge in [0.1, 0.15) is 17.3 Å². The number of nitrogens with zero attached hydrogens (tertiary/aromatic N) is 1. The standard InChI is InChI=1S/C27H20Cl2F3NO5/c1-37-18-8-4-6-15(10-18)22-21(23(34)19-11-17(28)12-20(29)25(19)38-2)24(35)26(36)33(22)13-14-5-3-7-16(9-14)27(30,31)32/h3-12,22,34H,13H2,1-2H3/b23-21+. The highest BCUT2D eigenvalue weighted by molar-refractivity contribution is 6.46. The number of carbonyl (C=O) groups excluding carboxylic acids is 2. The number of methoxy groups -OCH3 is 2. The Labute approximate surface area is 225 Å². The predicted octanol–water partition coefficient (Wildman–Crippen LogP) is 6.65. The number of rotatable bonds is 6. The number of amides is 1. The van der Waals surface area contributed by atoms with Crippen molar-refractivity contribution in [3.05, 3.63) is 98.5 Å². The Bertz CT molecular complexity index is 1450. The summed E-state index contributed by atoms with van der Waals surface area (Å²) >= 11 is 12.3. The van der Waals surface area contributed by atoms with Gasteiger partial charge in [-0.25, -0.2) is 0 Å². The minimum absolute atomic E-state index is 0.0158. The summed E-state index contributed by atoms with van der Waals surface area (Å²) in [5.41, 5.74) is -0.730. The van der Waals surface area contributed by atoms with Crippen LogP contribution in [0.15, 0.2) is 66.2 Å². The third-order valence-electron chi connectivity index (χ3n) is 6.02. The van der Waals surface area contributed by atoms with E-state index in [1.807, 2.05) is 0 Å². The zero-order valence-electron chi connectivity index (χ0n) is 20.0. The molecule has 198 valence electrons. The van der Waals surface area contributed by atoms with E-state index in [-0.39, 0.29) is 39.0 Å². The number of hydrogen-bond donors (Lipinski definition) is 1. The van der Waals surface area contributed by atoms with Crippen molar-refractivity contribution < 1.29 is 37.3 Å². The maximum atomic E-state index is 13.3. The van der Waals surface area contributed by atoms with Gasteiger partial charge >= 0.3 is 6.18 Å². The quantitative estimate of drug-likeness (QED) is 0.206. The van der Waals surface area contributed by atoms with Gasteiger partial charge in [0.15, 0.2) is 0 Å². The molecule has 38 heavy (non-hydrogen) atoms. The molecule has 0 aromatic heterocycles. The number of ether oxygens (including phenoxy) is 2. The number of likely N-dealkylation sites (tertiary alicyclic amines) is 1. The Morgan fingerprint density at radius 2 is 1.71 bits per heavy atom. The highest BCUT2D eigenvalue weighted by Gasteiger charge is 2.46. The van der Waals surface area contributed by atoms with Crippen LogP contribution in [0.3, 0.4) is 0 Å². The van der Waals surface area contributed by atoms with Gasteiger partial charge in [0, 0.05) is 11.6 Å². The second-order valence-electron chi connectivity index (χ2n) is 8.37. The average Bonchev–Trinajstić information content (AvgIpc) is 3.12. The topological polar surface area (TPSA) is 76.1 Å². The van der Waals surface area contributed by atoms with E-state index in [1.165, 1.54) is 38.5 Å². The zero-order valence-corrected chi connectivity index (χ0v) is 21.5. The van der Waals surface area contributed by atoms with Crippen LogP contribution in [0, 0.1) is 0 Å². The smallest absolute Gasteiger partial charge is 0.416 e. The van der Waals surface area contributed by atoms with Crippen molar-refractivity contribution in [3.63, 3.8) is 0 Å². The maximum Gasteiger partial charge on any atom is 0.416 e. The number of ketones is 1. The van der Waals surface area contributed by atoms with Gasteiger partial charge in [0.05, 0.1) is 42.0 Å². The normalized spacial score (nSPS) is 17.1. The van der Waals surface area contributed by atoms with Crippen molar-refractivity contribution in [3.8, 4) is 11.5 Å². The van der Waals surface area contributed by atoms with E-state index in [9.17, 15) is 27.9 Å².